The van der Waals surface area contributed by atoms with Gasteiger partial charge in [-0.25, -0.2) is 4.39 Å². The average molecular weight is 405 g/mol. The van der Waals surface area contributed by atoms with Gasteiger partial charge in [-0.2, -0.15) is 0 Å². The molecule has 0 saturated carbocycles. The molecule has 0 aliphatic rings. The highest BCUT2D eigenvalue weighted by atomic mass is 35.5. The number of anilines is 1. The molecule has 5 nitrogen and oxygen atoms in total. The highest BCUT2D eigenvalue weighted by Crippen LogP contribution is 2.26. The second-order valence-electron chi connectivity index (χ2n) is 5.83. The van der Waals surface area contributed by atoms with Gasteiger partial charge in [0.05, 0.1) is 10.8 Å². The highest BCUT2D eigenvalue weighted by molar-refractivity contribution is 7.99. The van der Waals surface area contributed by atoms with Crippen LogP contribution in [0.2, 0.25) is 5.02 Å². The molecular formula is C19H18ClFN4OS. The first-order valence-electron chi connectivity index (χ1n) is 8.36. The van der Waals surface area contributed by atoms with Crippen LogP contribution in [0, 0.1) is 12.7 Å². The summed E-state index contributed by atoms with van der Waals surface area (Å²) in [4.78, 5) is 12.2. The molecule has 2 aromatic carbocycles. The molecule has 27 heavy (non-hydrogen) atoms. The van der Waals surface area contributed by atoms with Gasteiger partial charge >= 0.3 is 0 Å². The molecule has 140 valence electrons. The quantitative estimate of drug-likeness (QED) is 0.599. The van der Waals surface area contributed by atoms with Crippen LogP contribution < -0.4 is 5.32 Å². The first kappa shape index (κ1) is 19.4. The minimum Gasteiger partial charge on any atom is -0.325 e. The Kier molecular flexibility index (Phi) is 6.13. The summed E-state index contributed by atoms with van der Waals surface area (Å²) in [6.45, 7) is 4.72. The number of amides is 1. The van der Waals surface area contributed by atoms with Gasteiger partial charge in [-0.1, -0.05) is 47.6 Å². The van der Waals surface area contributed by atoms with Crippen molar-refractivity contribution < 1.29 is 9.18 Å². The summed E-state index contributed by atoms with van der Waals surface area (Å²) in [5.74, 6) is 0.180. The first-order chi connectivity index (χ1) is 13.0. The zero-order valence-corrected chi connectivity index (χ0v) is 16.4. The topological polar surface area (TPSA) is 59.8 Å². The molecule has 1 aromatic heterocycles. The van der Waals surface area contributed by atoms with Crippen molar-refractivity contribution in [2.75, 3.05) is 11.1 Å². The smallest absolute Gasteiger partial charge is 0.234 e. The second-order valence-corrected chi connectivity index (χ2v) is 7.18. The number of nitrogens with zero attached hydrogens (tertiary/aromatic N) is 3. The lowest BCUT2D eigenvalue weighted by Gasteiger charge is -2.09. The summed E-state index contributed by atoms with van der Waals surface area (Å²) < 4.78 is 15.2. The fourth-order valence-corrected chi connectivity index (χ4v) is 3.59. The molecule has 0 spiro atoms. The summed E-state index contributed by atoms with van der Waals surface area (Å²) in [5, 5.41) is 11.9. The summed E-state index contributed by atoms with van der Waals surface area (Å²) in [6, 6.07) is 12.0. The van der Waals surface area contributed by atoms with Crippen molar-refractivity contribution in [2.24, 2.45) is 0 Å². The van der Waals surface area contributed by atoms with Crippen molar-refractivity contribution >= 4 is 35.0 Å². The third kappa shape index (κ3) is 4.48. The lowest BCUT2D eigenvalue weighted by molar-refractivity contribution is -0.113. The van der Waals surface area contributed by atoms with Gasteiger partial charge < -0.3 is 9.88 Å². The van der Waals surface area contributed by atoms with E-state index in [-0.39, 0.29) is 16.7 Å². The fraction of sp³-hybridized carbons (Fsp3) is 0.211. The van der Waals surface area contributed by atoms with Crippen LogP contribution in [0.3, 0.4) is 0 Å². The maximum Gasteiger partial charge on any atom is 0.234 e. The van der Waals surface area contributed by atoms with Crippen molar-refractivity contribution in [3.8, 4) is 11.4 Å². The van der Waals surface area contributed by atoms with E-state index >= 15 is 0 Å². The third-order valence-electron chi connectivity index (χ3n) is 3.95. The number of aryl methyl sites for hydroxylation is 1. The second kappa shape index (κ2) is 8.54. The van der Waals surface area contributed by atoms with Gasteiger partial charge in [0.25, 0.3) is 0 Å². The molecule has 0 aliphatic heterocycles. The lowest BCUT2D eigenvalue weighted by Crippen LogP contribution is -2.14. The standard InChI is InChI=1S/C19H18ClFN4OS/c1-3-25-18(14-7-5-4-6-12(14)2)23-24-19(25)27-11-17(26)22-13-8-9-16(21)15(20)10-13/h4-10H,3,11H2,1-2H3,(H,22,26). The molecule has 3 aromatic rings. The minimum atomic E-state index is -0.524. The van der Waals surface area contributed by atoms with Crippen LogP contribution >= 0.6 is 23.4 Å². The number of thioether (sulfide) groups is 1. The average Bonchev–Trinajstić information content (AvgIpc) is 3.06. The molecule has 8 heteroatoms. The molecule has 3 rings (SSSR count). The van der Waals surface area contributed by atoms with Crippen molar-refractivity contribution in [1.29, 1.82) is 0 Å². The number of hydrogen-bond donors (Lipinski definition) is 1. The van der Waals surface area contributed by atoms with Crippen LogP contribution in [0.5, 0.6) is 0 Å². The van der Waals surface area contributed by atoms with E-state index in [1.807, 2.05) is 42.7 Å². The molecule has 0 unspecified atom stereocenters. The SMILES string of the molecule is CCn1c(SCC(=O)Nc2ccc(F)c(Cl)c2)nnc1-c1ccccc1C. The molecule has 1 amide bonds. The normalized spacial score (nSPS) is 10.8. The number of carbonyl (C=O) groups is 1. The zero-order valence-electron chi connectivity index (χ0n) is 14.9. The minimum absolute atomic E-state index is 0.0333. The fourth-order valence-electron chi connectivity index (χ4n) is 2.60. The molecule has 1 heterocycles. The Labute approximate surface area is 166 Å². The Bertz CT molecular complexity index is 976. The van der Waals surface area contributed by atoms with Crippen LogP contribution in [-0.2, 0) is 11.3 Å². The number of hydrogen-bond acceptors (Lipinski definition) is 4. The maximum atomic E-state index is 13.2. The molecule has 0 atom stereocenters. The molecule has 0 aliphatic carbocycles. The number of aromatic nitrogens is 3. The number of halogens is 2. The van der Waals surface area contributed by atoms with Gasteiger partial charge in [-0.3, -0.25) is 4.79 Å². The van der Waals surface area contributed by atoms with E-state index in [2.05, 4.69) is 15.5 Å². The summed E-state index contributed by atoms with van der Waals surface area (Å²) in [6.07, 6.45) is 0. The van der Waals surface area contributed by atoms with E-state index in [0.29, 0.717) is 17.4 Å². The summed E-state index contributed by atoms with van der Waals surface area (Å²) in [7, 11) is 0. The Morgan fingerprint density at radius 3 is 2.74 bits per heavy atom. The highest BCUT2D eigenvalue weighted by Gasteiger charge is 2.16. The van der Waals surface area contributed by atoms with Crippen LogP contribution in [0.4, 0.5) is 10.1 Å². The molecule has 0 saturated heterocycles. The summed E-state index contributed by atoms with van der Waals surface area (Å²) >= 11 is 7.03. The van der Waals surface area contributed by atoms with E-state index in [1.54, 1.807) is 0 Å². The maximum absolute atomic E-state index is 13.2. The zero-order chi connectivity index (χ0) is 19.4. The predicted molar refractivity (Wildman–Crippen MR) is 107 cm³/mol. The van der Waals surface area contributed by atoms with E-state index in [9.17, 15) is 9.18 Å². The van der Waals surface area contributed by atoms with Crippen molar-refractivity contribution in [2.45, 2.75) is 25.5 Å². The van der Waals surface area contributed by atoms with Crippen LogP contribution in [0.15, 0.2) is 47.6 Å². The van der Waals surface area contributed by atoms with Crippen molar-refractivity contribution in [3.05, 3.63) is 58.9 Å². The molecule has 0 radical (unpaired) electrons. The Hall–Kier alpha value is -2.38. The van der Waals surface area contributed by atoms with Gasteiger partial charge in [0.15, 0.2) is 11.0 Å². The van der Waals surface area contributed by atoms with E-state index in [4.69, 9.17) is 11.6 Å². The molecule has 1 N–H and O–H groups in total. The van der Waals surface area contributed by atoms with Gasteiger partial charge in [0, 0.05) is 17.8 Å². The number of rotatable bonds is 6. The van der Waals surface area contributed by atoms with Gasteiger partial charge in [0.1, 0.15) is 5.82 Å². The van der Waals surface area contributed by atoms with Crippen molar-refractivity contribution in [3.63, 3.8) is 0 Å². The number of nitrogens with one attached hydrogen (secondary N) is 1. The number of benzene rings is 2. The van der Waals surface area contributed by atoms with Crippen LogP contribution in [-0.4, -0.2) is 26.4 Å². The van der Waals surface area contributed by atoms with Gasteiger partial charge in [-0.05, 0) is 37.6 Å². The summed E-state index contributed by atoms with van der Waals surface area (Å²) in [5.41, 5.74) is 2.58. The Balaban J connectivity index is 1.70. The molecular weight excluding hydrogens is 387 g/mol. The van der Waals surface area contributed by atoms with Crippen molar-refractivity contribution in [1.82, 2.24) is 14.8 Å². The molecule has 0 bridgehead atoms. The first-order valence-corrected chi connectivity index (χ1v) is 9.73. The van der Waals surface area contributed by atoms with E-state index < -0.39 is 5.82 Å². The molecule has 0 fully saturated rings. The van der Waals surface area contributed by atoms with Crippen LogP contribution in [0.1, 0.15) is 12.5 Å². The predicted octanol–water partition coefficient (Wildman–Crippen LogP) is 4.80. The Morgan fingerprint density at radius 1 is 1.26 bits per heavy atom. The lowest BCUT2D eigenvalue weighted by atomic mass is 10.1. The van der Waals surface area contributed by atoms with Crippen LogP contribution in [0.25, 0.3) is 11.4 Å². The monoisotopic (exact) mass is 404 g/mol. The third-order valence-corrected chi connectivity index (χ3v) is 5.21. The van der Waals surface area contributed by atoms with Gasteiger partial charge in [-0.15, -0.1) is 10.2 Å². The van der Waals surface area contributed by atoms with E-state index in [0.717, 1.165) is 17.0 Å². The Morgan fingerprint density at radius 2 is 2.04 bits per heavy atom. The van der Waals surface area contributed by atoms with Gasteiger partial charge in [0.2, 0.25) is 5.91 Å². The number of carbonyl (C=O) groups excluding carboxylic acids is 1. The largest absolute Gasteiger partial charge is 0.325 e. The van der Waals surface area contributed by atoms with E-state index in [1.165, 1.54) is 30.0 Å².